The Bertz CT molecular complexity index is 350. The number of hydrogen-bond acceptors (Lipinski definition) is 2. The van der Waals surface area contributed by atoms with Gasteiger partial charge in [0.25, 0.3) is 0 Å². The van der Waals surface area contributed by atoms with Crippen molar-refractivity contribution < 1.29 is 9.90 Å². The molecule has 0 spiro atoms. The van der Waals surface area contributed by atoms with Gasteiger partial charge < -0.3 is 10.0 Å². The summed E-state index contributed by atoms with van der Waals surface area (Å²) in [5, 5.41) is 9.20. The minimum atomic E-state index is -0.738. The van der Waals surface area contributed by atoms with E-state index in [2.05, 4.69) is 0 Å². The maximum Gasteiger partial charge on any atom is 0.311 e. The maximum absolute atomic E-state index is 11.2. The predicted octanol–water partition coefficient (Wildman–Crippen LogP) is 2.62. The van der Waals surface area contributed by atoms with Crippen molar-refractivity contribution in [1.29, 1.82) is 0 Å². The summed E-state index contributed by atoms with van der Waals surface area (Å²) in [5.41, 5.74) is 0.355. The van der Waals surface area contributed by atoms with E-state index in [1.807, 2.05) is 49.2 Å². The van der Waals surface area contributed by atoms with Crippen molar-refractivity contribution in [2.24, 2.45) is 5.41 Å². The van der Waals surface area contributed by atoms with E-state index in [0.717, 1.165) is 5.69 Å². The Balaban J connectivity index is 2.78. The molecule has 1 atom stereocenters. The average Bonchev–Trinajstić information content (AvgIpc) is 2.29. The lowest BCUT2D eigenvalue weighted by Crippen LogP contribution is -2.39. The molecular formula is C13H19NO2. The van der Waals surface area contributed by atoms with Crippen molar-refractivity contribution in [3.63, 3.8) is 0 Å². The van der Waals surface area contributed by atoms with E-state index in [1.165, 1.54) is 0 Å². The molecule has 1 aromatic rings. The first-order valence-electron chi connectivity index (χ1n) is 5.49. The zero-order valence-electron chi connectivity index (χ0n) is 10.1. The van der Waals surface area contributed by atoms with E-state index in [4.69, 9.17) is 0 Å². The molecule has 0 aliphatic carbocycles. The van der Waals surface area contributed by atoms with Crippen LogP contribution in [0.3, 0.4) is 0 Å². The molecule has 0 heterocycles. The second kappa shape index (κ2) is 5.01. The smallest absolute Gasteiger partial charge is 0.311 e. The minimum absolute atomic E-state index is 0.517. The molecule has 0 fully saturated rings. The zero-order chi connectivity index (χ0) is 12.2. The second-order valence-corrected chi connectivity index (χ2v) is 4.41. The maximum atomic E-state index is 11.2. The van der Waals surface area contributed by atoms with Gasteiger partial charge in [-0.15, -0.1) is 0 Å². The van der Waals surface area contributed by atoms with E-state index in [1.54, 1.807) is 6.92 Å². The third-order valence-electron chi connectivity index (χ3n) is 3.08. The van der Waals surface area contributed by atoms with Gasteiger partial charge in [-0.2, -0.15) is 0 Å². The molecule has 1 aromatic carbocycles. The summed E-state index contributed by atoms with van der Waals surface area (Å²) in [4.78, 5) is 13.2. The van der Waals surface area contributed by atoms with Gasteiger partial charge in [-0.3, -0.25) is 4.79 Å². The molecule has 3 nitrogen and oxygen atoms in total. The summed E-state index contributed by atoms with van der Waals surface area (Å²) in [6.45, 7) is 4.21. The fourth-order valence-corrected chi connectivity index (χ4v) is 1.63. The van der Waals surface area contributed by atoms with Gasteiger partial charge in [-0.05, 0) is 25.5 Å². The summed E-state index contributed by atoms with van der Waals surface area (Å²) in [6, 6.07) is 9.83. The first kappa shape index (κ1) is 12.6. The van der Waals surface area contributed by atoms with Crippen molar-refractivity contribution >= 4 is 11.7 Å². The van der Waals surface area contributed by atoms with Crippen LogP contribution in [0, 0.1) is 5.41 Å². The normalized spacial score (nSPS) is 14.2. The molecule has 0 aromatic heterocycles. The number of carbonyl (C=O) groups is 1. The molecule has 88 valence electrons. The van der Waals surface area contributed by atoms with E-state index in [9.17, 15) is 9.90 Å². The lowest BCUT2D eigenvalue weighted by molar-refractivity contribution is -0.147. The van der Waals surface area contributed by atoms with E-state index >= 15 is 0 Å². The van der Waals surface area contributed by atoms with Crippen LogP contribution in [-0.4, -0.2) is 24.7 Å². The molecule has 0 aliphatic rings. The molecule has 0 saturated carbocycles. The quantitative estimate of drug-likeness (QED) is 0.831. The Labute approximate surface area is 96.7 Å². The van der Waals surface area contributed by atoms with Gasteiger partial charge in [0, 0.05) is 19.3 Å². The fraction of sp³-hybridized carbons (Fsp3) is 0.462. The summed E-state index contributed by atoms with van der Waals surface area (Å²) in [5.74, 6) is -0.738. The minimum Gasteiger partial charge on any atom is -0.481 e. The summed E-state index contributed by atoms with van der Waals surface area (Å²) in [6.07, 6.45) is 0.625. The highest BCUT2D eigenvalue weighted by Gasteiger charge is 2.32. The van der Waals surface area contributed by atoms with Crippen molar-refractivity contribution in [1.82, 2.24) is 0 Å². The van der Waals surface area contributed by atoms with Crippen LogP contribution >= 0.6 is 0 Å². The van der Waals surface area contributed by atoms with Crippen molar-refractivity contribution in [2.75, 3.05) is 18.5 Å². The number of benzene rings is 1. The number of carboxylic acids is 1. The van der Waals surface area contributed by atoms with Crippen LogP contribution < -0.4 is 4.90 Å². The van der Waals surface area contributed by atoms with Gasteiger partial charge in [0.15, 0.2) is 0 Å². The molecule has 16 heavy (non-hydrogen) atoms. The van der Waals surface area contributed by atoms with Crippen LogP contribution in [0.2, 0.25) is 0 Å². The molecule has 1 unspecified atom stereocenters. The van der Waals surface area contributed by atoms with Crippen molar-refractivity contribution in [3.8, 4) is 0 Å². The molecule has 0 bridgehead atoms. The summed E-state index contributed by atoms with van der Waals surface area (Å²) < 4.78 is 0. The van der Waals surface area contributed by atoms with Crippen LogP contribution in [0.1, 0.15) is 20.3 Å². The molecule has 0 aliphatic heterocycles. The van der Waals surface area contributed by atoms with Gasteiger partial charge in [0.2, 0.25) is 0 Å². The Kier molecular flexibility index (Phi) is 3.93. The predicted molar refractivity (Wildman–Crippen MR) is 65.7 cm³/mol. The fourth-order valence-electron chi connectivity index (χ4n) is 1.63. The molecule has 3 heteroatoms. The zero-order valence-corrected chi connectivity index (χ0v) is 10.1. The Morgan fingerprint density at radius 3 is 2.38 bits per heavy atom. The SMILES string of the molecule is CCC(C)(CN(C)c1ccccc1)C(=O)O. The highest BCUT2D eigenvalue weighted by Crippen LogP contribution is 2.25. The first-order chi connectivity index (χ1) is 7.49. The Morgan fingerprint density at radius 2 is 1.94 bits per heavy atom. The monoisotopic (exact) mass is 221 g/mol. The first-order valence-corrected chi connectivity index (χ1v) is 5.49. The van der Waals surface area contributed by atoms with Crippen molar-refractivity contribution in [3.05, 3.63) is 30.3 Å². The molecule has 0 saturated heterocycles. The van der Waals surface area contributed by atoms with Gasteiger partial charge in [0.05, 0.1) is 5.41 Å². The van der Waals surface area contributed by atoms with Gasteiger partial charge in [-0.1, -0.05) is 25.1 Å². The Morgan fingerprint density at radius 1 is 1.38 bits per heavy atom. The van der Waals surface area contributed by atoms with Gasteiger partial charge in [-0.25, -0.2) is 0 Å². The van der Waals surface area contributed by atoms with Crippen LogP contribution in [0.15, 0.2) is 30.3 Å². The molecular weight excluding hydrogens is 202 g/mol. The van der Waals surface area contributed by atoms with Gasteiger partial charge >= 0.3 is 5.97 Å². The van der Waals surface area contributed by atoms with Crippen molar-refractivity contribution in [2.45, 2.75) is 20.3 Å². The highest BCUT2D eigenvalue weighted by atomic mass is 16.4. The summed E-state index contributed by atoms with van der Waals surface area (Å²) in [7, 11) is 1.92. The number of hydrogen-bond donors (Lipinski definition) is 1. The molecule has 1 rings (SSSR count). The lowest BCUT2D eigenvalue weighted by Gasteiger charge is -2.30. The second-order valence-electron chi connectivity index (χ2n) is 4.41. The lowest BCUT2D eigenvalue weighted by atomic mass is 9.87. The highest BCUT2D eigenvalue weighted by molar-refractivity contribution is 5.75. The standard InChI is InChI=1S/C13H19NO2/c1-4-13(2,12(15)16)10-14(3)11-8-6-5-7-9-11/h5-9H,4,10H2,1-3H3,(H,15,16). The molecule has 1 N–H and O–H groups in total. The molecule has 0 amide bonds. The average molecular weight is 221 g/mol. The third-order valence-corrected chi connectivity index (χ3v) is 3.08. The van der Waals surface area contributed by atoms with Gasteiger partial charge in [0.1, 0.15) is 0 Å². The van der Waals surface area contributed by atoms with E-state index in [-0.39, 0.29) is 0 Å². The summed E-state index contributed by atoms with van der Waals surface area (Å²) >= 11 is 0. The number of rotatable bonds is 5. The van der Waals surface area contributed by atoms with E-state index in [0.29, 0.717) is 13.0 Å². The van der Waals surface area contributed by atoms with E-state index < -0.39 is 11.4 Å². The third kappa shape index (κ3) is 2.75. The van der Waals surface area contributed by atoms with Crippen LogP contribution in [-0.2, 0) is 4.79 Å². The number of nitrogens with zero attached hydrogens (tertiary/aromatic N) is 1. The Hall–Kier alpha value is -1.51. The number of aliphatic carboxylic acids is 1. The number of carboxylic acid groups (broad SMARTS) is 1. The number of para-hydroxylation sites is 1. The topological polar surface area (TPSA) is 40.5 Å². The van der Waals surface area contributed by atoms with Crippen LogP contribution in [0.5, 0.6) is 0 Å². The molecule has 0 radical (unpaired) electrons. The van der Waals surface area contributed by atoms with Crippen LogP contribution in [0.25, 0.3) is 0 Å². The number of anilines is 1. The van der Waals surface area contributed by atoms with Crippen LogP contribution in [0.4, 0.5) is 5.69 Å². The largest absolute Gasteiger partial charge is 0.481 e.